The fourth-order valence-electron chi connectivity index (χ4n) is 1.74. The van der Waals surface area contributed by atoms with Gasteiger partial charge in [0.25, 0.3) is 0 Å². The van der Waals surface area contributed by atoms with Crippen molar-refractivity contribution in [2.24, 2.45) is 10.8 Å². The molecule has 0 radical (unpaired) electrons. The Morgan fingerprint density at radius 2 is 1.09 bits per heavy atom. The summed E-state index contributed by atoms with van der Waals surface area (Å²) in [5, 5.41) is 0. The van der Waals surface area contributed by atoms with Crippen molar-refractivity contribution >= 4 is 0 Å². The molecule has 0 spiro atoms. The highest BCUT2D eigenvalue weighted by Gasteiger charge is 2.30. The molecule has 1 aliphatic rings. The first-order chi connectivity index (χ1) is 4.91. The van der Waals surface area contributed by atoms with Crippen LogP contribution in [0.3, 0.4) is 0 Å². The molecule has 0 N–H and O–H groups in total. The molecule has 0 fully saturated rings. The van der Waals surface area contributed by atoms with Crippen LogP contribution in [0.4, 0.5) is 0 Å². The molecule has 0 bridgehead atoms. The van der Waals surface area contributed by atoms with Gasteiger partial charge in [0.15, 0.2) is 0 Å². The van der Waals surface area contributed by atoms with Gasteiger partial charge in [0, 0.05) is 0 Å². The average molecular weight is 154 g/mol. The molecule has 0 aromatic heterocycles. The first-order valence-electron chi connectivity index (χ1n) is 4.62. The Morgan fingerprint density at radius 3 is 1.18 bits per heavy atom. The molecule has 1 rings (SSSR count). The van der Waals surface area contributed by atoms with Crippen molar-refractivity contribution in [3.63, 3.8) is 0 Å². The molecule has 0 heteroatoms. The molecule has 0 nitrogen and oxygen atoms in total. The molecule has 0 atom stereocenters. The number of hydrogen-bond donors (Lipinski definition) is 0. The summed E-state index contributed by atoms with van der Waals surface area (Å²) in [4.78, 5) is 0. The largest absolute Gasteiger partial charge is 0.0823 e. The Balaban J connectivity index is 0.000000461. The Kier molecular flexibility index (Phi) is 3.34. The van der Waals surface area contributed by atoms with E-state index in [2.05, 4.69) is 39.8 Å². The molecule has 11 heavy (non-hydrogen) atoms. The molecule has 0 amide bonds. The monoisotopic (exact) mass is 154 g/mol. The molecular weight excluding hydrogens is 132 g/mol. The van der Waals surface area contributed by atoms with Crippen LogP contribution in [0.5, 0.6) is 0 Å². The summed E-state index contributed by atoms with van der Waals surface area (Å²) >= 11 is 0. The van der Waals surface area contributed by atoms with Crippen LogP contribution in [0.2, 0.25) is 0 Å². The van der Waals surface area contributed by atoms with Crippen LogP contribution < -0.4 is 0 Å². The van der Waals surface area contributed by atoms with Gasteiger partial charge in [-0.3, -0.25) is 0 Å². The predicted molar refractivity (Wildman–Crippen MR) is 52.7 cm³/mol. The fourth-order valence-corrected chi connectivity index (χ4v) is 1.74. The predicted octanol–water partition coefficient (Wildman–Crippen LogP) is 4.02. The van der Waals surface area contributed by atoms with E-state index in [1.54, 1.807) is 0 Å². The van der Waals surface area contributed by atoms with Crippen molar-refractivity contribution in [3.8, 4) is 0 Å². The Labute approximate surface area is 71.7 Å². The first-order valence-corrected chi connectivity index (χ1v) is 4.62. The number of hydrogen-bond acceptors (Lipinski definition) is 0. The second-order valence-corrected chi connectivity index (χ2v) is 4.49. The topological polar surface area (TPSA) is 0 Å². The molecule has 0 aliphatic heterocycles. The van der Waals surface area contributed by atoms with Crippen LogP contribution in [-0.4, -0.2) is 0 Å². The van der Waals surface area contributed by atoms with Gasteiger partial charge in [0.2, 0.25) is 0 Å². The summed E-state index contributed by atoms with van der Waals surface area (Å²) in [7, 11) is 0. The van der Waals surface area contributed by atoms with Gasteiger partial charge in [-0.2, -0.15) is 0 Å². The average Bonchev–Trinajstić information content (AvgIpc) is 2.10. The van der Waals surface area contributed by atoms with E-state index in [1.165, 1.54) is 6.42 Å². The molecule has 0 aromatic rings. The summed E-state index contributed by atoms with van der Waals surface area (Å²) in [6, 6.07) is 0. The van der Waals surface area contributed by atoms with Gasteiger partial charge in [0.05, 0.1) is 0 Å². The van der Waals surface area contributed by atoms with Crippen molar-refractivity contribution in [2.45, 2.75) is 48.0 Å². The SMILES string of the molecule is CC.CC1(C)C=CC(C)(C)C1. The summed E-state index contributed by atoms with van der Waals surface area (Å²) in [5.41, 5.74) is 0.896. The van der Waals surface area contributed by atoms with E-state index in [4.69, 9.17) is 0 Å². The zero-order chi connectivity index (χ0) is 9.12. The quantitative estimate of drug-likeness (QED) is 0.462. The molecule has 1 aliphatic carbocycles. The third-order valence-electron chi connectivity index (χ3n) is 1.90. The van der Waals surface area contributed by atoms with Gasteiger partial charge < -0.3 is 0 Å². The van der Waals surface area contributed by atoms with E-state index in [1.807, 2.05) is 13.8 Å². The highest BCUT2D eigenvalue weighted by molar-refractivity contribution is 5.11. The van der Waals surface area contributed by atoms with E-state index in [0.717, 1.165) is 0 Å². The van der Waals surface area contributed by atoms with Crippen molar-refractivity contribution in [3.05, 3.63) is 12.2 Å². The molecule has 0 saturated heterocycles. The minimum Gasteiger partial charge on any atom is -0.0823 e. The van der Waals surface area contributed by atoms with Crippen LogP contribution in [0.1, 0.15) is 48.0 Å². The number of rotatable bonds is 0. The summed E-state index contributed by atoms with van der Waals surface area (Å²) in [6.07, 6.45) is 5.94. The van der Waals surface area contributed by atoms with Gasteiger partial charge in [0.1, 0.15) is 0 Å². The minimum absolute atomic E-state index is 0.448. The van der Waals surface area contributed by atoms with Crippen molar-refractivity contribution in [2.75, 3.05) is 0 Å². The van der Waals surface area contributed by atoms with Gasteiger partial charge in [-0.15, -0.1) is 0 Å². The first kappa shape index (κ1) is 10.7. The van der Waals surface area contributed by atoms with E-state index >= 15 is 0 Å². The lowest BCUT2D eigenvalue weighted by atomic mass is 9.83. The third-order valence-corrected chi connectivity index (χ3v) is 1.90. The third kappa shape index (κ3) is 3.60. The van der Waals surface area contributed by atoms with Gasteiger partial charge in [-0.1, -0.05) is 53.7 Å². The second-order valence-electron chi connectivity index (χ2n) is 4.49. The highest BCUT2D eigenvalue weighted by Crippen LogP contribution is 2.42. The highest BCUT2D eigenvalue weighted by atomic mass is 14.3. The summed E-state index contributed by atoms with van der Waals surface area (Å²) in [6.45, 7) is 13.2. The van der Waals surface area contributed by atoms with E-state index in [-0.39, 0.29) is 0 Å². The van der Waals surface area contributed by atoms with Crippen LogP contribution in [0.15, 0.2) is 12.2 Å². The van der Waals surface area contributed by atoms with Crippen molar-refractivity contribution in [1.29, 1.82) is 0 Å². The maximum absolute atomic E-state index is 2.33. The zero-order valence-corrected chi connectivity index (χ0v) is 8.86. The van der Waals surface area contributed by atoms with Gasteiger partial charge in [-0.25, -0.2) is 0 Å². The zero-order valence-electron chi connectivity index (χ0n) is 8.86. The van der Waals surface area contributed by atoms with E-state index in [9.17, 15) is 0 Å². The van der Waals surface area contributed by atoms with Crippen LogP contribution in [0, 0.1) is 10.8 Å². The minimum atomic E-state index is 0.448. The number of allylic oxidation sites excluding steroid dienone is 2. The second kappa shape index (κ2) is 3.42. The van der Waals surface area contributed by atoms with Crippen molar-refractivity contribution < 1.29 is 0 Å². The molecule has 0 heterocycles. The molecule has 0 aromatic carbocycles. The van der Waals surface area contributed by atoms with E-state index < -0.39 is 0 Å². The molecular formula is C11H22. The van der Waals surface area contributed by atoms with Crippen LogP contribution in [0.25, 0.3) is 0 Å². The normalized spacial score (nSPS) is 24.2. The summed E-state index contributed by atoms with van der Waals surface area (Å²) < 4.78 is 0. The lowest BCUT2D eigenvalue weighted by molar-refractivity contribution is 0.334. The lowest BCUT2D eigenvalue weighted by Gasteiger charge is -2.21. The van der Waals surface area contributed by atoms with Gasteiger partial charge >= 0.3 is 0 Å². The van der Waals surface area contributed by atoms with Crippen LogP contribution >= 0.6 is 0 Å². The lowest BCUT2D eigenvalue weighted by Crippen LogP contribution is -2.11. The van der Waals surface area contributed by atoms with Crippen molar-refractivity contribution in [1.82, 2.24) is 0 Å². The van der Waals surface area contributed by atoms with E-state index in [0.29, 0.717) is 10.8 Å². The maximum atomic E-state index is 2.33. The standard InChI is InChI=1S/C9H16.C2H6/c1-8(2)5-6-9(3,4)7-8;1-2/h5-6H,7H2,1-4H3;1-2H3. The molecule has 0 saturated carbocycles. The molecule has 66 valence electrons. The summed E-state index contributed by atoms with van der Waals surface area (Å²) in [5.74, 6) is 0. The van der Waals surface area contributed by atoms with Gasteiger partial charge in [-0.05, 0) is 17.3 Å². The Bertz CT molecular complexity index is 122. The Hall–Kier alpha value is -0.260. The Morgan fingerprint density at radius 1 is 0.818 bits per heavy atom. The fraction of sp³-hybridized carbons (Fsp3) is 0.818. The smallest absolute Gasteiger partial charge is 0.0167 e. The molecule has 0 unspecified atom stereocenters. The maximum Gasteiger partial charge on any atom is -0.0167 e. The van der Waals surface area contributed by atoms with Crippen LogP contribution in [-0.2, 0) is 0 Å².